The van der Waals surface area contributed by atoms with Gasteiger partial charge < -0.3 is 14.4 Å². The number of aromatic nitrogens is 3. The summed E-state index contributed by atoms with van der Waals surface area (Å²) in [4.78, 5) is 17.6. The van der Waals surface area contributed by atoms with Crippen LogP contribution >= 0.6 is 0 Å². The van der Waals surface area contributed by atoms with Crippen LogP contribution in [0, 0.1) is 24.0 Å². The van der Waals surface area contributed by atoms with Gasteiger partial charge in [-0.3, -0.25) is 10.2 Å². The second-order valence-electron chi connectivity index (χ2n) is 12.9. The first-order chi connectivity index (χ1) is 22.1. The summed E-state index contributed by atoms with van der Waals surface area (Å²) in [6.45, 7) is 4.83. The lowest BCUT2D eigenvalue weighted by atomic mass is 9.85. The molecule has 0 aliphatic carbocycles. The van der Waals surface area contributed by atoms with Crippen LogP contribution in [0.5, 0.6) is 11.9 Å². The highest BCUT2D eigenvalue weighted by Gasteiger charge is 2.60. The quantitative estimate of drug-likeness (QED) is 0.172. The number of anilines is 1. The molecule has 8 nitrogen and oxygen atoms in total. The third-order valence-corrected chi connectivity index (χ3v) is 9.84. The molecule has 8 rings (SSSR count). The second-order valence-corrected chi connectivity index (χ2v) is 12.9. The van der Waals surface area contributed by atoms with Gasteiger partial charge in [0.15, 0.2) is 11.6 Å². The zero-order chi connectivity index (χ0) is 32.0. The first-order valence-electron chi connectivity index (χ1n) is 15.6. The molecule has 3 saturated heterocycles. The molecule has 12 heteroatoms. The molecule has 0 unspecified atom stereocenters. The predicted octanol–water partition coefficient (Wildman–Crippen LogP) is 5.65. The molecule has 0 amide bonds. The number of pyridine rings is 1. The number of benzene rings is 2. The van der Waals surface area contributed by atoms with Gasteiger partial charge in [-0.25, -0.2) is 22.5 Å². The van der Waals surface area contributed by atoms with Crippen LogP contribution in [0.4, 0.5) is 23.4 Å². The van der Waals surface area contributed by atoms with E-state index in [1.165, 1.54) is 6.07 Å². The van der Waals surface area contributed by atoms with Crippen LogP contribution in [0.15, 0.2) is 30.3 Å². The van der Waals surface area contributed by atoms with Gasteiger partial charge in [-0.05, 0) is 37.6 Å². The van der Waals surface area contributed by atoms with Crippen molar-refractivity contribution < 1.29 is 27.0 Å². The Bertz CT molecular complexity index is 1950. The van der Waals surface area contributed by atoms with Crippen molar-refractivity contribution in [1.29, 1.82) is 0 Å². The fraction of sp³-hybridized carbons (Fsp3) is 0.441. The van der Waals surface area contributed by atoms with Gasteiger partial charge in [0.25, 0.3) is 5.92 Å². The number of nitrogens with one attached hydrogen (secondary N) is 1. The summed E-state index contributed by atoms with van der Waals surface area (Å²) in [6, 6.07) is 8.01. The van der Waals surface area contributed by atoms with Crippen LogP contribution in [0.2, 0.25) is 0 Å². The van der Waals surface area contributed by atoms with Gasteiger partial charge in [-0.15, -0.1) is 6.42 Å². The Balaban J connectivity index is 1.32. The number of hydrogen-bond acceptors (Lipinski definition) is 8. The molecule has 46 heavy (non-hydrogen) atoms. The van der Waals surface area contributed by atoms with E-state index in [1.807, 2.05) is 11.8 Å². The maximum atomic E-state index is 16.9. The molecular weight excluding hydrogens is 600 g/mol. The number of alkyl halides is 2. The van der Waals surface area contributed by atoms with E-state index in [0.29, 0.717) is 42.5 Å². The van der Waals surface area contributed by atoms with Crippen molar-refractivity contribution in [3.8, 4) is 35.5 Å². The second kappa shape index (κ2) is 10.4. The third kappa shape index (κ3) is 4.62. The Hall–Kier alpha value is -4.21. The SMILES string of the molecule is C#Cc1c(F)ccc2cccc(-c3nc4c5c(nc(OC[C@]67CCN6CC(F)(F)C7)nc5c3F)N3C[C@@H]3N[C@@H](CC)C[C@H](C)O4)c12. The molecule has 0 bridgehead atoms. The number of halogens is 4. The van der Waals surface area contributed by atoms with E-state index in [9.17, 15) is 13.2 Å². The molecule has 0 spiro atoms. The minimum atomic E-state index is -2.80. The number of nitrogens with zero attached hydrogens (tertiary/aromatic N) is 5. The van der Waals surface area contributed by atoms with Gasteiger partial charge in [0.2, 0.25) is 5.88 Å². The molecule has 4 aliphatic rings. The number of rotatable bonds is 5. The molecule has 0 saturated carbocycles. The molecular formula is C34H32F4N6O2. The number of terminal acetylenes is 1. The number of fused-ring (bicyclic) bond motifs is 4. The Morgan fingerprint density at radius 3 is 2.74 bits per heavy atom. The summed E-state index contributed by atoms with van der Waals surface area (Å²) in [5.74, 6) is -1.27. The summed E-state index contributed by atoms with van der Waals surface area (Å²) in [6.07, 6.45) is 7.16. The number of ether oxygens (including phenoxy) is 2. The highest BCUT2D eigenvalue weighted by atomic mass is 19.3. The van der Waals surface area contributed by atoms with Crippen LogP contribution in [-0.4, -0.2) is 75.9 Å². The summed E-state index contributed by atoms with van der Waals surface area (Å²) in [5, 5.41) is 4.85. The van der Waals surface area contributed by atoms with E-state index in [0.717, 1.165) is 6.42 Å². The summed E-state index contributed by atoms with van der Waals surface area (Å²) in [7, 11) is 0. The van der Waals surface area contributed by atoms with E-state index >= 15 is 4.39 Å². The summed E-state index contributed by atoms with van der Waals surface area (Å²) >= 11 is 0. The lowest BCUT2D eigenvalue weighted by Crippen LogP contribution is -2.59. The van der Waals surface area contributed by atoms with E-state index < -0.39 is 23.1 Å². The number of hydrogen-bond donors (Lipinski definition) is 1. The minimum Gasteiger partial charge on any atom is -0.474 e. The molecule has 4 aromatic rings. The van der Waals surface area contributed by atoms with E-state index in [2.05, 4.69) is 23.1 Å². The Morgan fingerprint density at radius 1 is 1.15 bits per heavy atom. The minimum absolute atomic E-state index is 0.00601. The molecule has 0 radical (unpaired) electrons. The molecule has 4 atom stereocenters. The fourth-order valence-corrected chi connectivity index (χ4v) is 7.37. The van der Waals surface area contributed by atoms with Crippen LogP contribution in [0.3, 0.4) is 0 Å². The van der Waals surface area contributed by atoms with Crippen molar-refractivity contribution in [2.45, 2.75) is 69.3 Å². The molecule has 3 fully saturated rings. The lowest BCUT2D eigenvalue weighted by Gasteiger charge is -2.46. The summed E-state index contributed by atoms with van der Waals surface area (Å²) < 4.78 is 73.0. The standard InChI is InChI=1S/C34H32F4N6O2/c1-4-20-13-18(3)46-31-26-29(27(36)28(40-31)22-8-6-7-19-9-10-23(35)21(5-2)25(19)22)41-32(42-30(26)44-14-24(44)39-20)45-17-33-11-12-43(33)16-34(37,38)15-33/h2,6-10,18,20,24,39H,4,11-17H2,1,3H3/t18-,20-,24+,33+,44?/m0/s1. The van der Waals surface area contributed by atoms with E-state index in [1.54, 1.807) is 29.2 Å². The van der Waals surface area contributed by atoms with E-state index in [4.69, 9.17) is 25.9 Å². The van der Waals surface area contributed by atoms with Crippen LogP contribution < -0.4 is 19.7 Å². The van der Waals surface area contributed by atoms with Gasteiger partial charge in [0.05, 0.1) is 36.5 Å². The molecule has 6 heterocycles. The van der Waals surface area contributed by atoms with Crippen LogP contribution in [-0.2, 0) is 0 Å². The first-order valence-corrected chi connectivity index (χ1v) is 15.6. The topological polar surface area (TPSA) is 75.4 Å². The average molecular weight is 633 g/mol. The van der Waals surface area contributed by atoms with Gasteiger partial charge in [-0.1, -0.05) is 37.1 Å². The van der Waals surface area contributed by atoms with Gasteiger partial charge in [0, 0.05) is 30.0 Å². The normalized spacial score (nSPS) is 26.5. The predicted molar refractivity (Wildman–Crippen MR) is 165 cm³/mol. The van der Waals surface area contributed by atoms with Gasteiger partial charge in [-0.2, -0.15) is 9.97 Å². The molecule has 2 aromatic carbocycles. The van der Waals surface area contributed by atoms with Crippen molar-refractivity contribution in [3.05, 3.63) is 47.5 Å². The molecule has 2 aromatic heterocycles. The van der Waals surface area contributed by atoms with E-state index in [-0.39, 0.29) is 77.5 Å². The maximum Gasteiger partial charge on any atom is 0.319 e. The Kier molecular flexibility index (Phi) is 6.61. The van der Waals surface area contributed by atoms with Crippen molar-refractivity contribution in [3.63, 3.8) is 0 Å². The molecule has 1 N–H and O–H groups in total. The third-order valence-electron chi connectivity index (χ3n) is 9.84. The Morgan fingerprint density at radius 2 is 2.00 bits per heavy atom. The highest BCUT2D eigenvalue weighted by molar-refractivity contribution is 6.03. The molecule has 238 valence electrons. The smallest absolute Gasteiger partial charge is 0.319 e. The van der Waals surface area contributed by atoms with Crippen molar-refractivity contribution in [2.75, 3.05) is 31.1 Å². The molecule has 4 aliphatic heterocycles. The fourth-order valence-electron chi connectivity index (χ4n) is 7.37. The van der Waals surface area contributed by atoms with Gasteiger partial charge >= 0.3 is 6.01 Å². The zero-order valence-corrected chi connectivity index (χ0v) is 25.4. The highest BCUT2D eigenvalue weighted by Crippen LogP contribution is 2.48. The van der Waals surface area contributed by atoms with Crippen molar-refractivity contribution in [2.24, 2.45) is 0 Å². The zero-order valence-electron chi connectivity index (χ0n) is 25.4. The van der Waals surface area contributed by atoms with Gasteiger partial charge in [0.1, 0.15) is 29.0 Å². The lowest BCUT2D eigenvalue weighted by molar-refractivity contribution is -0.0132. The maximum absolute atomic E-state index is 16.9. The monoisotopic (exact) mass is 632 g/mol. The van der Waals surface area contributed by atoms with Crippen molar-refractivity contribution in [1.82, 2.24) is 25.2 Å². The first kappa shape index (κ1) is 29.2. The van der Waals surface area contributed by atoms with Crippen LogP contribution in [0.25, 0.3) is 32.9 Å². The Labute approximate surface area is 263 Å². The summed E-state index contributed by atoms with van der Waals surface area (Å²) in [5.41, 5.74) is -0.742. The average Bonchev–Trinajstić information content (AvgIpc) is 3.77. The van der Waals surface area contributed by atoms with Crippen molar-refractivity contribution >= 4 is 27.5 Å². The largest absolute Gasteiger partial charge is 0.474 e. The van der Waals surface area contributed by atoms with Crippen LogP contribution in [0.1, 0.15) is 45.1 Å².